The summed E-state index contributed by atoms with van der Waals surface area (Å²) in [7, 11) is 1.25. The molecule has 2 aromatic heterocycles. The van der Waals surface area contributed by atoms with E-state index in [1.54, 1.807) is 0 Å². The van der Waals surface area contributed by atoms with Crippen molar-refractivity contribution in [2.75, 3.05) is 12.8 Å². The van der Waals surface area contributed by atoms with Gasteiger partial charge in [0.2, 0.25) is 11.0 Å². The summed E-state index contributed by atoms with van der Waals surface area (Å²) < 4.78 is 5.73. The molecule has 0 radical (unpaired) electrons. The van der Waals surface area contributed by atoms with E-state index in [2.05, 4.69) is 25.2 Å². The minimum absolute atomic E-state index is 0.158. The highest BCUT2D eigenvalue weighted by Gasteiger charge is 2.16. The number of methoxy groups -OCH3 is 1. The molecule has 0 amide bonds. The zero-order valence-electron chi connectivity index (χ0n) is 10.7. The van der Waals surface area contributed by atoms with Crippen molar-refractivity contribution in [3.05, 3.63) is 22.2 Å². The van der Waals surface area contributed by atoms with Crippen LogP contribution in [0.1, 0.15) is 0 Å². The molecular formula is C9H9N7O4S. The Morgan fingerprint density at radius 1 is 1.57 bits per heavy atom. The Morgan fingerprint density at radius 2 is 2.33 bits per heavy atom. The van der Waals surface area contributed by atoms with E-state index in [0.29, 0.717) is 5.03 Å². The molecule has 11 nitrogen and oxygen atoms in total. The first-order chi connectivity index (χ1) is 10.0. The summed E-state index contributed by atoms with van der Waals surface area (Å²) in [6, 6.07) is 2.65. The molecule has 21 heavy (non-hydrogen) atoms. The van der Waals surface area contributed by atoms with Crippen LogP contribution in [0.3, 0.4) is 0 Å². The van der Waals surface area contributed by atoms with Crippen molar-refractivity contribution in [2.45, 2.75) is 16.7 Å². The van der Waals surface area contributed by atoms with Crippen LogP contribution in [0.4, 0.5) is 11.5 Å². The molecule has 0 aromatic carbocycles. The second-order valence-electron chi connectivity index (χ2n) is 3.61. The van der Waals surface area contributed by atoms with Crippen LogP contribution in [-0.4, -0.2) is 43.2 Å². The van der Waals surface area contributed by atoms with Crippen molar-refractivity contribution in [1.29, 1.82) is 0 Å². The van der Waals surface area contributed by atoms with E-state index >= 15 is 0 Å². The zero-order valence-corrected chi connectivity index (χ0v) is 11.5. The number of esters is 1. The number of carbonyl (C=O) groups is 1. The standard InChI is InChI=1S/C9H9N7O4S/c1-20-7(17)4-15-9(12-13-14-15)21-6-3-2-5(16(18)19)8(10)11-6/h2-3H,4H2,1H3,(H2,10,11). The first-order valence-electron chi connectivity index (χ1n) is 5.43. The average molecular weight is 311 g/mol. The summed E-state index contributed by atoms with van der Waals surface area (Å²) in [6.45, 7) is -0.158. The van der Waals surface area contributed by atoms with E-state index in [-0.39, 0.29) is 23.2 Å². The lowest BCUT2D eigenvalue weighted by Gasteiger charge is -2.03. The summed E-state index contributed by atoms with van der Waals surface area (Å²) >= 11 is 1.01. The zero-order chi connectivity index (χ0) is 15.4. The molecule has 0 bridgehead atoms. The fraction of sp³-hybridized carbons (Fsp3) is 0.222. The molecule has 0 aliphatic carbocycles. The molecule has 110 valence electrons. The average Bonchev–Trinajstić information content (AvgIpc) is 2.85. The molecule has 0 aliphatic rings. The molecule has 2 N–H and O–H groups in total. The number of aromatic nitrogens is 5. The number of nitrogen functional groups attached to an aromatic ring is 1. The Morgan fingerprint density at radius 3 is 2.95 bits per heavy atom. The molecule has 2 heterocycles. The highest BCUT2D eigenvalue weighted by Crippen LogP contribution is 2.27. The Labute approximate surface area is 121 Å². The van der Waals surface area contributed by atoms with Crippen molar-refractivity contribution < 1.29 is 14.5 Å². The topological polar surface area (TPSA) is 152 Å². The van der Waals surface area contributed by atoms with Crippen LogP contribution in [-0.2, 0) is 16.1 Å². The van der Waals surface area contributed by atoms with Crippen LogP contribution in [0.5, 0.6) is 0 Å². The summed E-state index contributed by atoms with van der Waals surface area (Å²) in [5, 5.41) is 22.1. The molecule has 2 rings (SSSR count). The molecule has 0 fully saturated rings. The first-order valence-corrected chi connectivity index (χ1v) is 6.24. The fourth-order valence-corrected chi connectivity index (χ4v) is 2.06. The van der Waals surface area contributed by atoms with Gasteiger partial charge in [-0.25, -0.2) is 9.67 Å². The Kier molecular flexibility index (Phi) is 4.27. The predicted molar refractivity (Wildman–Crippen MR) is 69.3 cm³/mol. The van der Waals surface area contributed by atoms with Crippen LogP contribution in [0, 0.1) is 10.1 Å². The lowest BCUT2D eigenvalue weighted by molar-refractivity contribution is -0.384. The smallest absolute Gasteiger partial charge is 0.327 e. The predicted octanol–water partition coefficient (Wildman–Crippen LogP) is -0.117. The van der Waals surface area contributed by atoms with Gasteiger partial charge >= 0.3 is 11.7 Å². The van der Waals surface area contributed by atoms with Gasteiger partial charge in [-0.3, -0.25) is 14.9 Å². The minimum Gasteiger partial charge on any atom is -0.468 e. The van der Waals surface area contributed by atoms with Gasteiger partial charge in [0.1, 0.15) is 11.6 Å². The van der Waals surface area contributed by atoms with E-state index in [9.17, 15) is 14.9 Å². The summed E-state index contributed by atoms with van der Waals surface area (Å²) in [5.41, 5.74) is 5.21. The Balaban J connectivity index is 2.19. The molecule has 0 atom stereocenters. The normalized spacial score (nSPS) is 10.3. The van der Waals surface area contributed by atoms with Gasteiger partial charge in [-0.2, -0.15) is 0 Å². The van der Waals surface area contributed by atoms with Crippen LogP contribution in [0.15, 0.2) is 22.3 Å². The SMILES string of the molecule is COC(=O)Cn1nnnc1Sc1ccc([N+](=O)[O-])c(N)n1. The van der Waals surface area contributed by atoms with E-state index in [1.165, 1.54) is 23.9 Å². The number of rotatable bonds is 5. The third-order valence-corrected chi connectivity index (χ3v) is 3.19. The number of pyridine rings is 1. The van der Waals surface area contributed by atoms with Crippen molar-refractivity contribution in [3.8, 4) is 0 Å². The minimum atomic E-state index is -0.627. The Hall–Kier alpha value is -2.76. The van der Waals surface area contributed by atoms with Crippen molar-refractivity contribution in [1.82, 2.24) is 25.2 Å². The van der Waals surface area contributed by atoms with Crippen molar-refractivity contribution >= 4 is 29.2 Å². The number of nitrogens with zero attached hydrogens (tertiary/aromatic N) is 6. The number of nitro groups is 1. The number of carbonyl (C=O) groups excluding carboxylic acids is 1. The van der Waals surface area contributed by atoms with Crippen LogP contribution >= 0.6 is 11.8 Å². The van der Waals surface area contributed by atoms with E-state index in [0.717, 1.165) is 11.8 Å². The molecular weight excluding hydrogens is 302 g/mol. The van der Waals surface area contributed by atoms with Crippen molar-refractivity contribution in [3.63, 3.8) is 0 Å². The van der Waals surface area contributed by atoms with Crippen LogP contribution in [0.2, 0.25) is 0 Å². The number of nitrogens with two attached hydrogens (primary N) is 1. The number of tetrazole rings is 1. The molecule has 0 unspecified atom stereocenters. The van der Waals surface area contributed by atoms with Crippen LogP contribution in [0.25, 0.3) is 0 Å². The Bertz CT molecular complexity index is 688. The van der Waals surface area contributed by atoms with E-state index < -0.39 is 10.9 Å². The van der Waals surface area contributed by atoms with Gasteiger partial charge < -0.3 is 10.5 Å². The number of anilines is 1. The quantitative estimate of drug-likeness (QED) is 0.449. The molecule has 2 aromatic rings. The van der Waals surface area contributed by atoms with Gasteiger partial charge in [0.05, 0.1) is 12.0 Å². The van der Waals surface area contributed by atoms with E-state index in [4.69, 9.17) is 5.73 Å². The van der Waals surface area contributed by atoms with Gasteiger partial charge in [-0.15, -0.1) is 5.10 Å². The van der Waals surface area contributed by atoms with Gasteiger partial charge in [-0.1, -0.05) is 0 Å². The summed E-state index contributed by atoms with van der Waals surface area (Å²) in [4.78, 5) is 25.1. The van der Waals surface area contributed by atoms with E-state index in [1.807, 2.05) is 0 Å². The molecule has 12 heteroatoms. The third kappa shape index (κ3) is 3.42. The molecule has 0 saturated carbocycles. The van der Waals surface area contributed by atoms with Gasteiger partial charge in [0, 0.05) is 6.07 Å². The maximum Gasteiger partial charge on any atom is 0.327 e. The highest BCUT2D eigenvalue weighted by molar-refractivity contribution is 7.99. The lowest BCUT2D eigenvalue weighted by atomic mass is 10.4. The maximum atomic E-state index is 11.2. The second-order valence-corrected chi connectivity index (χ2v) is 4.60. The summed E-state index contributed by atoms with van der Waals surface area (Å²) in [6.07, 6.45) is 0. The van der Waals surface area contributed by atoms with Gasteiger partial charge in [-0.05, 0) is 28.3 Å². The molecule has 0 spiro atoms. The fourth-order valence-electron chi connectivity index (χ4n) is 1.31. The second kappa shape index (κ2) is 6.13. The number of hydrogen-bond donors (Lipinski definition) is 1. The number of hydrogen-bond acceptors (Lipinski definition) is 10. The first kappa shape index (κ1) is 14.6. The molecule has 0 saturated heterocycles. The molecule has 0 aliphatic heterocycles. The third-order valence-electron chi connectivity index (χ3n) is 2.27. The highest BCUT2D eigenvalue weighted by atomic mass is 32.2. The van der Waals surface area contributed by atoms with Gasteiger partial charge in [0.15, 0.2) is 0 Å². The van der Waals surface area contributed by atoms with Crippen molar-refractivity contribution in [2.24, 2.45) is 0 Å². The lowest BCUT2D eigenvalue weighted by Crippen LogP contribution is -2.13. The largest absolute Gasteiger partial charge is 0.468 e. The number of ether oxygens (including phenoxy) is 1. The monoisotopic (exact) mass is 311 g/mol. The van der Waals surface area contributed by atoms with Gasteiger partial charge in [0.25, 0.3) is 0 Å². The van der Waals surface area contributed by atoms with Crippen LogP contribution < -0.4 is 5.73 Å². The maximum absolute atomic E-state index is 11.2. The summed E-state index contributed by atoms with van der Waals surface area (Å²) in [5.74, 6) is -0.725.